The quantitative estimate of drug-likeness (QED) is 0.748. The second kappa shape index (κ2) is 5.31. The second-order valence-corrected chi connectivity index (χ2v) is 8.47. The molecular formula is C19H20BrN3O. The molecule has 1 aliphatic heterocycles. The molecule has 0 bridgehead atoms. The van der Waals surface area contributed by atoms with E-state index in [1.54, 1.807) is 0 Å². The number of rotatable bonds is 1. The number of hydrogen-bond acceptors (Lipinski definition) is 3. The van der Waals surface area contributed by atoms with Crippen molar-refractivity contribution in [2.75, 3.05) is 5.32 Å². The van der Waals surface area contributed by atoms with E-state index in [0.717, 1.165) is 44.8 Å². The lowest BCUT2D eigenvalue weighted by Crippen LogP contribution is -2.33. The van der Waals surface area contributed by atoms with Gasteiger partial charge in [-0.2, -0.15) is 5.10 Å². The number of nitrogens with one attached hydrogen (secondary N) is 2. The molecule has 1 unspecified atom stereocenters. The largest absolute Gasteiger partial charge is 0.342 e. The molecule has 4 rings (SSSR count). The molecule has 124 valence electrons. The van der Waals surface area contributed by atoms with E-state index in [4.69, 9.17) is 0 Å². The predicted molar refractivity (Wildman–Crippen MR) is 98.0 cm³/mol. The Morgan fingerprint density at radius 1 is 1.21 bits per heavy atom. The third-order valence-corrected chi connectivity index (χ3v) is 5.49. The van der Waals surface area contributed by atoms with Gasteiger partial charge in [0.1, 0.15) is 0 Å². The van der Waals surface area contributed by atoms with E-state index >= 15 is 0 Å². The number of aromatic nitrogens is 2. The van der Waals surface area contributed by atoms with Crippen LogP contribution in [-0.2, 0) is 4.79 Å². The average Bonchev–Trinajstić information content (AvgIpc) is 2.86. The van der Waals surface area contributed by atoms with E-state index in [2.05, 4.69) is 57.4 Å². The molecule has 0 fully saturated rings. The lowest BCUT2D eigenvalue weighted by Gasteiger charge is -2.38. The van der Waals surface area contributed by atoms with Gasteiger partial charge in [0.05, 0.1) is 0 Å². The molecule has 1 aromatic carbocycles. The number of allylic oxidation sites excluding steroid dienone is 2. The van der Waals surface area contributed by atoms with Gasteiger partial charge in [-0.05, 0) is 36.5 Å². The molecule has 0 spiro atoms. The van der Waals surface area contributed by atoms with Crippen LogP contribution < -0.4 is 5.32 Å². The summed E-state index contributed by atoms with van der Waals surface area (Å²) in [6.07, 6.45) is 1.46. The van der Waals surface area contributed by atoms with E-state index in [1.807, 2.05) is 19.1 Å². The summed E-state index contributed by atoms with van der Waals surface area (Å²) in [5.74, 6) is 1.05. The first-order valence-electron chi connectivity index (χ1n) is 8.19. The number of aromatic amines is 1. The Bertz CT molecular complexity index is 861. The lowest BCUT2D eigenvalue weighted by atomic mass is 9.69. The fraction of sp³-hybridized carbons (Fsp3) is 0.368. The minimum Gasteiger partial charge on any atom is -0.342 e. The summed E-state index contributed by atoms with van der Waals surface area (Å²) in [4.78, 5) is 13.0. The maximum atomic E-state index is 13.0. The SMILES string of the molecule is Cc1[nH]nc2c1C(c1ccc(Br)cc1)C1=C(CC(C)(C)CC1=O)N2. The maximum absolute atomic E-state index is 13.0. The number of carbonyl (C=O) groups is 1. The van der Waals surface area contributed by atoms with Crippen LogP contribution in [0.15, 0.2) is 40.0 Å². The predicted octanol–water partition coefficient (Wildman–Crippen LogP) is 4.68. The molecule has 5 heteroatoms. The second-order valence-electron chi connectivity index (χ2n) is 7.55. The molecule has 24 heavy (non-hydrogen) atoms. The third-order valence-electron chi connectivity index (χ3n) is 4.96. The Balaban J connectivity index is 1.93. The van der Waals surface area contributed by atoms with Crippen LogP contribution in [0.2, 0.25) is 0 Å². The van der Waals surface area contributed by atoms with Crippen LogP contribution >= 0.6 is 15.9 Å². The number of benzene rings is 1. The molecule has 1 aromatic heterocycles. The average molecular weight is 386 g/mol. The Morgan fingerprint density at radius 3 is 2.62 bits per heavy atom. The maximum Gasteiger partial charge on any atom is 0.162 e. The monoisotopic (exact) mass is 385 g/mol. The third kappa shape index (κ3) is 2.42. The molecule has 0 radical (unpaired) electrons. The molecule has 4 nitrogen and oxygen atoms in total. The van der Waals surface area contributed by atoms with Gasteiger partial charge in [-0.1, -0.05) is 41.9 Å². The smallest absolute Gasteiger partial charge is 0.162 e. The van der Waals surface area contributed by atoms with Gasteiger partial charge in [0.2, 0.25) is 0 Å². The highest BCUT2D eigenvalue weighted by Gasteiger charge is 2.42. The molecule has 1 aliphatic carbocycles. The van der Waals surface area contributed by atoms with Crippen LogP contribution in [0.3, 0.4) is 0 Å². The zero-order valence-corrected chi connectivity index (χ0v) is 15.6. The highest BCUT2D eigenvalue weighted by Crippen LogP contribution is 2.49. The van der Waals surface area contributed by atoms with Crippen molar-refractivity contribution in [1.82, 2.24) is 10.2 Å². The lowest BCUT2D eigenvalue weighted by molar-refractivity contribution is -0.118. The Kier molecular flexibility index (Phi) is 3.46. The van der Waals surface area contributed by atoms with Gasteiger partial charge in [0, 0.05) is 39.3 Å². The van der Waals surface area contributed by atoms with Crippen LogP contribution in [0.25, 0.3) is 0 Å². The number of nitrogens with zero attached hydrogens (tertiary/aromatic N) is 1. The Labute approximate surface area is 149 Å². The number of ketones is 1. The summed E-state index contributed by atoms with van der Waals surface area (Å²) in [5.41, 5.74) is 5.15. The van der Waals surface area contributed by atoms with E-state index in [-0.39, 0.29) is 17.1 Å². The van der Waals surface area contributed by atoms with Gasteiger partial charge in [-0.3, -0.25) is 9.89 Å². The van der Waals surface area contributed by atoms with E-state index in [9.17, 15) is 4.79 Å². The molecule has 2 aliphatic rings. The summed E-state index contributed by atoms with van der Waals surface area (Å²) < 4.78 is 1.04. The summed E-state index contributed by atoms with van der Waals surface area (Å²) >= 11 is 3.49. The molecule has 2 aromatic rings. The standard InChI is InChI=1S/C19H20BrN3O/c1-10-15-16(11-4-6-12(20)7-5-11)17-13(21-18(15)23-22-10)8-19(2,3)9-14(17)24/h4-7,16H,8-9H2,1-3H3,(H2,21,22,23). The van der Waals surface area contributed by atoms with Gasteiger partial charge >= 0.3 is 0 Å². The van der Waals surface area contributed by atoms with Crippen LogP contribution in [0.1, 0.15) is 49.4 Å². The summed E-state index contributed by atoms with van der Waals surface area (Å²) in [7, 11) is 0. The minimum absolute atomic E-state index is 0.0178. The van der Waals surface area contributed by atoms with Crippen molar-refractivity contribution in [1.29, 1.82) is 0 Å². The fourth-order valence-electron chi connectivity index (χ4n) is 3.94. The minimum atomic E-state index is -0.0494. The molecular weight excluding hydrogens is 366 g/mol. The molecule has 0 saturated heterocycles. The summed E-state index contributed by atoms with van der Waals surface area (Å²) in [5, 5.41) is 10.9. The van der Waals surface area contributed by atoms with Crippen molar-refractivity contribution in [2.45, 2.75) is 39.5 Å². The van der Waals surface area contributed by atoms with Crippen molar-refractivity contribution in [3.63, 3.8) is 0 Å². The first kappa shape index (κ1) is 15.6. The van der Waals surface area contributed by atoms with Crippen molar-refractivity contribution in [2.24, 2.45) is 5.41 Å². The highest BCUT2D eigenvalue weighted by molar-refractivity contribution is 9.10. The Morgan fingerprint density at radius 2 is 1.92 bits per heavy atom. The van der Waals surface area contributed by atoms with Crippen LogP contribution in [0.4, 0.5) is 5.82 Å². The van der Waals surface area contributed by atoms with Gasteiger partial charge in [-0.15, -0.1) is 0 Å². The Hall–Kier alpha value is -1.88. The molecule has 1 atom stereocenters. The van der Waals surface area contributed by atoms with Crippen molar-refractivity contribution in [3.8, 4) is 0 Å². The first-order chi connectivity index (χ1) is 11.4. The summed E-state index contributed by atoms with van der Waals surface area (Å²) in [6, 6.07) is 8.25. The topological polar surface area (TPSA) is 57.8 Å². The fourth-order valence-corrected chi connectivity index (χ4v) is 4.21. The van der Waals surface area contributed by atoms with Gasteiger partial charge in [0.15, 0.2) is 11.6 Å². The molecule has 2 N–H and O–H groups in total. The van der Waals surface area contributed by atoms with Crippen LogP contribution in [-0.4, -0.2) is 16.0 Å². The highest BCUT2D eigenvalue weighted by atomic mass is 79.9. The zero-order chi connectivity index (χ0) is 17.1. The van der Waals surface area contributed by atoms with Crippen molar-refractivity contribution >= 4 is 27.5 Å². The molecule has 0 amide bonds. The van der Waals surface area contributed by atoms with Crippen molar-refractivity contribution in [3.05, 3.63) is 56.8 Å². The van der Waals surface area contributed by atoms with Crippen molar-refractivity contribution < 1.29 is 4.79 Å². The number of anilines is 1. The number of Topliss-reactive ketones (excluding diaryl/α,β-unsaturated/α-hetero) is 1. The molecule has 2 heterocycles. The number of hydrogen-bond donors (Lipinski definition) is 2. The zero-order valence-electron chi connectivity index (χ0n) is 14.0. The van der Waals surface area contributed by atoms with E-state index in [0.29, 0.717) is 6.42 Å². The number of H-pyrrole nitrogens is 1. The number of halogens is 1. The van der Waals surface area contributed by atoms with E-state index < -0.39 is 0 Å². The molecule has 0 saturated carbocycles. The number of carbonyl (C=O) groups excluding carboxylic acids is 1. The van der Waals surface area contributed by atoms with Crippen LogP contribution in [0, 0.1) is 12.3 Å². The summed E-state index contributed by atoms with van der Waals surface area (Å²) in [6.45, 7) is 6.31. The number of aryl methyl sites for hydroxylation is 1. The van der Waals surface area contributed by atoms with Gasteiger partial charge < -0.3 is 5.32 Å². The first-order valence-corrected chi connectivity index (χ1v) is 8.98. The van der Waals surface area contributed by atoms with Gasteiger partial charge in [-0.25, -0.2) is 0 Å². The van der Waals surface area contributed by atoms with Crippen LogP contribution in [0.5, 0.6) is 0 Å². The number of fused-ring (bicyclic) bond motifs is 1. The van der Waals surface area contributed by atoms with Gasteiger partial charge in [0.25, 0.3) is 0 Å². The normalized spacial score (nSPS) is 22.0. The van der Waals surface area contributed by atoms with E-state index in [1.165, 1.54) is 0 Å².